The number of para-hydroxylation sites is 2. The molecule has 0 radical (unpaired) electrons. The number of nitrogens with zero attached hydrogens (tertiary/aromatic N) is 2. The van der Waals surface area contributed by atoms with Gasteiger partial charge in [-0.3, -0.25) is 9.59 Å². The van der Waals surface area contributed by atoms with Crippen molar-refractivity contribution in [2.75, 3.05) is 0 Å². The number of fused-ring (bicyclic) bond motifs is 2. The lowest BCUT2D eigenvalue weighted by Crippen LogP contribution is -2.24. The summed E-state index contributed by atoms with van der Waals surface area (Å²) in [6.07, 6.45) is 0. The van der Waals surface area contributed by atoms with Crippen LogP contribution in [-0.2, 0) is 13.1 Å². The van der Waals surface area contributed by atoms with Gasteiger partial charge in [-0.25, -0.2) is 9.97 Å². The van der Waals surface area contributed by atoms with Crippen LogP contribution in [0.3, 0.4) is 0 Å². The highest BCUT2D eigenvalue weighted by molar-refractivity contribution is 7.19. The van der Waals surface area contributed by atoms with Gasteiger partial charge in [-0.05, 0) is 59.7 Å². The van der Waals surface area contributed by atoms with Gasteiger partial charge in [0.2, 0.25) is 0 Å². The van der Waals surface area contributed by atoms with Gasteiger partial charge in [-0.1, -0.05) is 83.9 Å². The largest absolute Gasteiger partial charge is 0.348 e. The molecule has 7 rings (SSSR count). The Morgan fingerprint density at radius 1 is 0.565 bits per heavy atom. The van der Waals surface area contributed by atoms with Crippen molar-refractivity contribution < 1.29 is 9.59 Å². The molecule has 7 aromatic rings. The van der Waals surface area contributed by atoms with Crippen LogP contribution in [0, 0.1) is 0 Å². The van der Waals surface area contributed by atoms with Crippen molar-refractivity contribution in [1.82, 2.24) is 20.6 Å². The Bertz CT molecular complexity index is 2090. The van der Waals surface area contributed by atoms with Gasteiger partial charge in [0, 0.05) is 23.9 Å². The zero-order valence-corrected chi connectivity index (χ0v) is 27.2. The van der Waals surface area contributed by atoms with Crippen LogP contribution in [0.15, 0.2) is 109 Å². The molecule has 0 spiro atoms. The fraction of sp³-hybridized carbons (Fsp3) is 0.0556. The molecule has 226 valence electrons. The number of rotatable bonds is 8. The number of carbonyl (C=O) groups excluding carboxylic acids is 2. The normalized spacial score (nSPS) is 11.2. The number of amides is 2. The smallest absolute Gasteiger partial charge is 0.252 e. The van der Waals surface area contributed by atoms with Gasteiger partial charge >= 0.3 is 0 Å². The molecule has 4 aromatic heterocycles. The highest BCUT2D eigenvalue weighted by Crippen LogP contribution is 2.33. The van der Waals surface area contributed by atoms with Gasteiger partial charge in [-0.2, -0.15) is 0 Å². The first-order valence-electron chi connectivity index (χ1n) is 14.4. The Morgan fingerprint density at radius 2 is 0.978 bits per heavy atom. The molecule has 46 heavy (non-hydrogen) atoms. The van der Waals surface area contributed by atoms with E-state index in [4.69, 9.17) is 33.2 Å². The number of carbonyl (C=O) groups is 2. The summed E-state index contributed by atoms with van der Waals surface area (Å²) in [5.74, 6) is -0.375. The number of benzene rings is 3. The number of thiophene rings is 2. The van der Waals surface area contributed by atoms with Crippen molar-refractivity contribution in [3.8, 4) is 21.1 Å². The predicted octanol–water partition coefficient (Wildman–Crippen LogP) is 9.41. The van der Waals surface area contributed by atoms with Crippen LogP contribution < -0.4 is 10.6 Å². The van der Waals surface area contributed by atoms with E-state index in [1.54, 1.807) is 0 Å². The van der Waals surface area contributed by atoms with Gasteiger partial charge < -0.3 is 10.6 Å². The highest BCUT2D eigenvalue weighted by Gasteiger charge is 2.16. The van der Waals surface area contributed by atoms with Crippen LogP contribution >= 0.6 is 45.9 Å². The molecule has 0 saturated carbocycles. The molecule has 3 aromatic carbocycles. The fourth-order valence-corrected chi connectivity index (χ4v) is 7.22. The van der Waals surface area contributed by atoms with Crippen LogP contribution in [0.4, 0.5) is 0 Å². The number of halogens is 2. The lowest BCUT2D eigenvalue weighted by Gasteiger charge is -2.11. The van der Waals surface area contributed by atoms with Crippen LogP contribution in [0.25, 0.3) is 42.9 Å². The quantitative estimate of drug-likeness (QED) is 0.168. The third-order valence-electron chi connectivity index (χ3n) is 7.50. The third-order valence-corrected chi connectivity index (χ3v) is 10.0. The maximum Gasteiger partial charge on any atom is 0.252 e. The molecule has 2 N–H and O–H groups in total. The Balaban J connectivity index is 1.03. The average Bonchev–Trinajstić information content (AvgIpc) is 3.73. The van der Waals surface area contributed by atoms with E-state index in [2.05, 4.69) is 10.6 Å². The van der Waals surface area contributed by atoms with E-state index in [0.717, 1.165) is 42.7 Å². The first-order chi connectivity index (χ1) is 22.4. The molecule has 10 heteroatoms. The molecule has 0 bridgehead atoms. The Morgan fingerprint density at radius 3 is 1.37 bits per heavy atom. The van der Waals surface area contributed by atoms with Crippen molar-refractivity contribution in [3.05, 3.63) is 140 Å². The maximum absolute atomic E-state index is 13.4. The van der Waals surface area contributed by atoms with Crippen molar-refractivity contribution in [1.29, 1.82) is 0 Å². The summed E-state index contributed by atoms with van der Waals surface area (Å²) in [5, 5.41) is 7.66. The van der Waals surface area contributed by atoms with Gasteiger partial charge in [0.25, 0.3) is 11.8 Å². The van der Waals surface area contributed by atoms with E-state index in [1.165, 1.54) is 22.7 Å². The summed E-state index contributed by atoms with van der Waals surface area (Å²) >= 11 is 15.2. The number of nitrogens with one attached hydrogen (secondary N) is 2. The van der Waals surface area contributed by atoms with Crippen LogP contribution in [0.5, 0.6) is 0 Å². The minimum Gasteiger partial charge on any atom is -0.348 e. The summed E-state index contributed by atoms with van der Waals surface area (Å²) in [7, 11) is 0. The highest BCUT2D eigenvalue weighted by atomic mass is 35.5. The first-order valence-corrected chi connectivity index (χ1v) is 16.8. The molecule has 0 unspecified atom stereocenters. The van der Waals surface area contributed by atoms with Crippen molar-refractivity contribution in [2.45, 2.75) is 13.1 Å². The number of pyridine rings is 2. The Kier molecular flexibility index (Phi) is 8.51. The summed E-state index contributed by atoms with van der Waals surface area (Å²) in [6, 6.07) is 34.1. The molecule has 0 saturated heterocycles. The van der Waals surface area contributed by atoms with Crippen LogP contribution in [-0.4, -0.2) is 21.8 Å². The number of hydrogen-bond acceptors (Lipinski definition) is 6. The molecule has 6 nitrogen and oxygen atoms in total. The van der Waals surface area contributed by atoms with Crippen molar-refractivity contribution in [2.24, 2.45) is 0 Å². The number of aromatic nitrogens is 2. The minimum atomic E-state index is -0.187. The molecule has 0 atom stereocenters. The lowest BCUT2D eigenvalue weighted by molar-refractivity contribution is 0.0944. The van der Waals surface area contributed by atoms with Gasteiger partial charge in [0.15, 0.2) is 0 Å². The van der Waals surface area contributed by atoms with Crippen LogP contribution in [0.2, 0.25) is 8.67 Å². The first kappa shape index (κ1) is 30.1. The third kappa shape index (κ3) is 6.38. The molecule has 4 heterocycles. The van der Waals surface area contributed by atoms with Gasteiger partial charge in [-0.15, -0.1) is 22.7 Å². The van der Waals surface area contributed by atoms with E-state index in [9.17, 15) is 9.59 Å². The van der Waals surface area contributed by atoms with Crippen molar-refractivity contribution >= 4 is 79.5 Å². The van der Waals surface area contributed by atoms with E-state index >= 15 is 0 Å². The lowest BCUT2D eigenvalue weighted by atomic mass is 10.1. The SMILES string of the molecule is O=C(NCc1ccc(CNC(=O)c2cc(-c3ccc(Cl)s3)nc3ccccc23)cc1)c1cc(-c2ccc(Cl)s2)nc2ccccc12. The Hall–Kier alpha value is -4.60. The van der Waals surface area contributed by atoms with E-state index in [1.807, 2.05) is 109 Å². The average molecular weight is 680 g/mol. The molecule has 0 aliphatic heterocycles. The fourth-order valence-electron chi connectivity index (χ4n) is 5.21. The standard InChI is InChI=1S/C36H24Cl2N4O2S2/c37-33-15-13-31(45-33)29-17-25(23-5-1-3-7-27(23)41-29)35(43)39-19-21-9-11-22(12-10-21)20-40-36(44)26-18-30(32-14-16-34(38)46-32)42-28-8-4-2-6-24(26)28/h1-18H,19-20H2,(H,39,43)(H,40,44). The predicted molar refractivity (Wildman–Crippen MR) is 189 cm³/mol. The minimum absolute atomic E-state index is 0.187. The topological polar surface area (TPSA) is 84.0 Å². The number of hydrogen-bond donors (Lipinski definition) is 2. The van der Waals surface area contributed by atoms with Gasteiger partial charge in [0.05, 0.1) is 52.0 Å². The molecular formula is C36H24Cl2N4O2S2. The van der Waals surface area contributed by atoms with E-state index in [-0.39, 0.29) is 11.8 Å². The molecule has 0 aliphatic carbocycles. The van der Waals surface area contributed by atoms with E-state index < -0.39 is 0 Å². The van der Waals surface area contributed by atoms with E-state index in [0.29, 0.717) is 44.3 Å². The monoisotopic (exact) mass is 678 g/mol. The summed E-state index contributed by atoms with van der Waals surface area (Å²) in [5.41, 5.74) is 5.88. The second kappa shape index (κ2) is 13.0. The summed E-state index contributed by atoms with van der Waals surface area (Å²) in [6.45, 7) is 0.696. The van der Waals surface area contributed by atoms with Crippen molar-refractivity contribution in [3.63, 3.8) is 0 Å². The second-order valence-corrected chi connectivity index (χ2v) is 14.0. The second-order valence-electron chi connectivity index (χ2n) is 10.5. The van der Waals surface area contributed by atoms with Gasteiger partial charge in [0.1, 0.15) is 0 Å². The zero-order valence-electron chi connectivity index (χ0n) is 24.1. The Labute approximate surface area is 282 Å². The molecule has 2 amide bonds. The maximum atomic E-state index is 13.4. The molecule has 0 fully saturated rings. The summed E-state index contributed by atoms with van der Waals surface area (Å²) in [4.78, 5) is 38.1. The molecular weight excluding hydrogens is 655 g/mol. The molecule has 0 aliphatic rings. The zero-order chi connectivity index (χ0) is 31.6. The van der Waals surface area contributed by atoms with Crippen LogP contribution in [0.1, 0.15) is 31.8 Å². The summed E-state index contributed by atoms with van der Waals surface area (Å²) < 4.78 is 1.33.